The smallest absolute Gasteiger partial charge is 0.408 e. The molecule has 7 heteroatoms. The number of hydrogen-bond acceptors (Lipinski definition) is 2. The van der Waals surface area contributed by atoms with Gasteiger partial charge in [0.25, 0.3) is 5.56 Å². The molecular formula is C11H9F3N2O2. The Morgan fingerprint density at radius 2 is 1.94 bits per heavy atom. The van der Waals surface area contributed by atoms with E-state index in [9.17, 15) is 23.1 Å². The van der Waals surface area contributed by atoms with Crippen LogP contribution in [0.3, 0.4) is 0 Å². The van der Waals surface area contributed by atoms with E-state index in [-0.39, 0.29) is 17.0 Å². The Labute approximate surface area is 99.3 Å². The molecule has 0 unspecified atom stereocenters. The Morgan fingerprint density at radius 1 is 1.28 bits per heavy atom. The molecule has 2 aromatic rings. The third kappa shape index (κ3) is 2.55. The highest BCUT2D eigenvalue weighted by Crippen LogP contribution is 2.26. The SMILES string of the molecule is O=c1cc(-c2ccccc2O)[nH]n1CC(F)(F)F. The zero-order valence-corrected chi connectivity index (χ0v) is 9.03. The van der Waals surface area contributed by atoms with Crippen molar-refractivity contribution in [3.8, 4) is 17.0 Å². The van der Waals surface area contributed by atoms with Crippen molar-refractivity contribution in [2.45, 2.75) is 12.7 Å². The van der Waals surface area contributed by atoms with Crippen LogP contribution < -0.4 is 5.56 Å². The van der Waals surface area contributed by atoms with Crippen LogP contribution in [0.2, 0.25) is 0 Å². The monoisotopic (exact) mass is 258 g/mol. The number of aromatic amines is 1. The molecule has 1 aromatic carbocycles. The fraction of sp³-hybridized carbons (Fsp3) is 0.182. The normalized spacial score (nSPS) is 11.7. The Hall–Kier alpha value is -2.18. The maximum Gasteiger partial charge on any atom is 0.408 e. The summed E-state index contributed by atoms with van der Waals surface area (Å²) < 4.78 is 37.0. The van der Waals surface area contributed by atoms with E-state index >= 15 is 0 Å². The number of benzene rings is 1. The van der Waals surface area contributed by atoms with Crippen molar-refractivity contribution in [1.82, 2.24) is 9.78 Å². The Bertz CT molecular complexity index is 613. The number of rotatable bonds is 2. The number of halogens is 3. The Kier molecular flexibility index (Phi) is 2.90. The second-order valence-corrected chi connectivity index (χ2v) is 3.73. The molecule has 0 radical (unpaired) electrons. The topological polar surface area (TPSA) is 58.0 Å². The number of alkyl halides is 3. The number of H-pyrrole nitrogens is 1. The van der Waals surface area contributed by atoms with Gasteiger partial charge in [-0.3, -0.25) is 9.89 Å². The van der Waals surface area contributed by atoms with Crippen LogP contribution in [-0.4, -0.2) is 21.1 Å². The molecule has 0 amide bonds. The van der Waals surface area contributed by atoms with Crippen LogP contribution in [0.25, 0.3) is 11.3 Å². The van der Waals surface area contributed by atoms with Gasteiger partial charge < -0.3 is 5.11 Å². The third-order valence-electron chi connectivity index (χ3n) is 2.32. The second-order valence-electron chi connectivity index (χ2n) is 3.73. The molecule has 0 aliphatic rings. The van der Waals surface area contributed by atoms with E-state index in [0.717, 1.165) is 6.07 Å². The van der Waals surface area contributed by atoms with Crippen molar-refractivity contribution in [2.24, 2.45) is 0 Å². The van der Waals surface area contributed by atoms with E-state index in [0.29, 0.717) is 4.68 Å². The number of hydrogen-bond donors (Lipinski definition) is 2. The Morgan fingerprint density at radius 3 is 2.56 bits per heavy atom. The van der Waals surface area contributed by atoms with E-state index in [2.05, 4.69) is 5.10 Å². The van der Waals surface area contributed by atoms with Gasteiger partial charge in [-0.05, 0) is 12.1 Å². The van der Waals surface area contributed by atoms with Crippen molar-refractivity contribution in [2.75, 3.05) is 0 Å². The van der Waals surface area contributed by atoms with E-state index < -0.39 is 18.3 Å². The summed E-state index contributed by atoms with van der Waals surface area (Å²) in [4.78, 5) is 11.4. The first-order chi connectivity index (χ1) is 8.37. The van der Waals surface area contributed by atoms with E-state index in [4.69, 9.17) is 0 Å². The predicted molar refractivity (Wildman–Crippen MR) is 58.2 cm³/mol. The number of nitrogens with one attached hydrogen (secondary N) is 1. The average molecular weight is 258 g/mol. The summed E-state index contributed by atoms with van der Waals surface area (Å²) >= 11 is 0. The van der Waals surface area contributed by atoms with Gasteiger partial charge in [0, 0.05) is 11.6 Å². The summed E-state index contributed by atoms with van der Waals surface area (Å²) in [6.07, 6.45) is -4.48. The minimum absolute atomic E-state index is 0.113. The van der Waals surface area contributed by atoms with Crippen LogP contribution in [0.15, 0.2) is 35.1 Å². The van der Waals surface area contributed by atoms with Crippen molar-refractivity contribution in [3.63, 3.8) is 0 Å². The lowest BCUT2D eigenvalue weighted by molar-refractivity contribution is -0.143. The molecule has 0 spiro atoms. The van der Waals surface area contributed by atoms with Crippen LogP contribution in [0.1, 0.15) is 0 Å². The fourth-order valence-corrected chi connectivity index (χ4v) is 1.57. The molecule has 0 saturated heterocycles. The molecule has 0 bridgehead atoms. The number of para-hydroxylation sites is 1. The van der Waals surface area contributed by atoms with Gasteiger partial charge in [-0.1, -0.05) is 12.1 Å². The predicted octanol–water partition coefficient (Wildman–Crippen LogP) is 2.11. The standard InChI is InChI=1S/C11H9F3N2O2/c12-11(13,14)6-16-10(18)5-8(15-16)7-3-1-2-4-9(7)17/h1-5,15,17H,6H2. The van der Waals surface area contributed by atoms with Crippen LogP contribution in [0, 0.1) is 0 Å². The number of nitrogens with zero attached hydrogens (tertiary/aromatic N) is 1. The molecule has 0 aliphatic heterocycles. The zero-order valence-electron chi connectivity index (χ0n) is 9.03. The summed E-state index contributed by atoms with van der Waals surface area (Å²) in [6, 6.07) is 7.08. The molecular weight excluding hydrogens is 249 g/mol. The number of phenols is 1. The molecule has 0 fully saturated rings. The van der Waals surface area contributed by atoms with Gasteiger partial charge in [0.1, 0.15) is 12.3 Å². The summed E-state index contributed by atoms with van der Waals surface area (Å²) in [5.74, 6) is -0.113. The van der Waals surface area contributed by atoms with E-state index in [1.165, 1.54) is 12.1 Å². The molecule has 0 aliphatic carbocycles. The average Bonchev–Trinajstić information content (AvgIpc) is 2.58. The van der Waals surface area contributed by atoms with E-state index in [1.807, 2.05) is 0 Å². The van der Waals surface area contributed by atoms with Crippen molar-refractivity contribution >= 4 is 0 Å². The lowest BCUT2D eigenvalue weighted by Crippen LogP contribution is -2.26. The molecule has 2 rings (SSSR count). The molecule has 4 nitrogen and oxygen atoms in total. The molecule has 1 heterocycles. The van der Waals surface area contributed by atoms with Crippen LogP contribution >= 0.6 is 0 Å². The number of aromatic nitrogens is 2. The Balaban J connectivity index is 2.41. The fourth-order valence-electron chi connectivity index (χ4n) is 1.57. The van der Waals surface area contributed by atoms with Gasteiger partial charge in [-0.25, -0.2) is 4.68 Å². The van der Waals surface area contributed by atoms with Crippen LogP contribution in [-0.2, 0) is 6.54 Å². The lowest BCUT2D eigenvalue weighted by Gasteiger charge is -2.06. The number of phenolic OH excluding ortho intramolecular Hbond substituents is 1. The molecule has 96 valence electrons. The quantitative estimate of drug-likeness (QED) is 0.866. The first-order valence-electron chi connectivity index (χ1n) is 5.02. The molecule has 2 N–H and O–H groups in total. The summed E-state index contributed by atoms with van der Waals surface area (Å²) in [7, 11) is 0. The minimum atomic E-state index is -4.48. The largest absolute Gasteiger partial charge is 0.507 e. The van der Waals surface area contributed by atoms with Gasteiger partial charge in [0.2, 0.25) is 0 Å². The molecule has 0 saturated carbocycles. The van der Waals surface area contributed by atoms with Crippen molar-refractivity contribution in [3.05, 3.63) is 40.7 Å². The highest BCUT2D eigenvalue weighted by Gasteiger charge is 2.29. The van der Waals surface area contributed by atoms with E-state index in [1.54, 1.807) is 12.1 Å². The second kappa shape index (κ2) is 4.25. The van der Waals surface area contributed by atoms with Crippen molar-refractivity contribution < 1.29 is 18.3 Å². The third-order valence-corrected chi connectivity index (χ3v) is 2.32. The van der Waals surface area contributed by atoms with Gasteiger partial charge in [0.15, 0.2) is 0 Å². The van der Waals surface area contributed by atoms with Crippen LogP contribution in [0.4, 0.5) is 13.2 Å². The molecule has 18 heavy (non-hydrogen) atoms. The van der Waals surface area contributed by atoms with Gasteiger partial charge in [0.05, 0.1) is 5.69 Å². The van der Waals surface area contributed by atoms with Crippen LogP contribution in [0.5, 0.6) is 5.75 Å². The highest BCUT2D eigenvalue weighted by atomic mass is 19.4. The molecule has 1 aromatic heterocycles. The number of aromatic hydroxyl groups is 1. The first-order valence-corrected chi connectivity index (χ1v) is 5.02. The van der Waals surface area contributed by atoms with Crippen molar-refractivity contribution in [1.29, 1.82) is 0 Å². The summed E-state index contributed by atoms with van der Waals surface area (Å²) in [6.45, 7) is -1.39. The highest BCUT2D eigenvalue weighted by molar-refractivity contribution is 5.65. The molecule has 0 atom stereocenters. The van der Waals surface area contributed by atoms with Gasteiger partial charge >= 0.3 is 6.18 Å². The summed E-state index contributed by atoms with van der Waals surface area (Å²) in [5.41, 5.74) is -0.386. The van der Waals surface area contributed by atoms with Gasteiger partial charge in [-0.2, -0.15) is 13.2 Å². The maximum absolute atomic E-state index is 12.2. The zero-order chi connectivity index (χ0) is 13.3. The first kappa shape index (κ1) is 12.3. The van der Waals surface area contributed by atoms with Gasteiger partial charge in [-0.15, -0.1) is 0 Å². The lowest BCUT2D eigenvalue weighted by atomic mass is 10.1. The minimum Gasteiger partial charge on any atom is -0.507 e. The summed E-state index contributed by atoms with van der Waals surface area (Å²) in [5, 5.41) is 11.9. The maximum atomic E-state index is 12.2.